The lowest BCUT2D eigenvalue weighted by Gasteiger charge is -2.15. The fraction of sp³-hybridized carbons (Fsp3) is 0.400. The highest BCUT2D eigenvalue weighted by molar-refractivity contribution is 7.91. The van der Waals surface area contributed by atoms with Gasteiger partial charge < -0.3 is 10.6 Å². The van der Waals surface area contributed by atoms with Gasteiger partial charge in [0.2, 0.25) is 0 Å². The number of benzene rings is 1. The highest BCUT2D eigenvalue weighted by Crippen LogP contribution is 2.38. The Hall–Kier alpha value is -1.90. The second-order valence-corrected chi connectivity index (χ2v) is 11.2. The number of carbonyl (C=O) groups excluding carboxylic acids is 2. The van der Waals surface area contributed by atoms with Crippen LogP contribution in [-0.2, 0) is 22.7 Å². The number of nitrogens with one attached hydrogen (secondary N) is 2. The molecule has 0 spiro atoms. The normalized spacial score (nSPS) is 20.1. The molecule has 1 saturated heterocycles. The fourth-order valence-electron chi connectivity index (χ4n) is 3.84. The second-order valence-electron chi connectivity index (χ2n) is 7.45. The molecule has 2 aliphatic rings. The molecule has 1 fully saturated rings. The number of fused-ring (bicyclic) bond motifs is 1. The Morgan fingerprint density at radius 2 is 1.79 bits per heavy atom. The van der Waals surface area contributed by atoms with E-state index in [1.54, 1.807) is 24.3 Å². The summed E-state index contributed by atoms with van der Waals surface area (Å²) in [4.78, 5) is 26.9. The zero-order valence-corrected chi connectivity index (χ0v) is 18.1. The van der Waals surface area contributed by atoms with Crippen molar-refractivity contribution in [2.45, 2.75) is 38.1 Å². The number of thiophene rings is 1. The predicted octanol–water partition coefficient (Wildman–Crippen LogP) is 3.45. The van der Waals surface area contributed by atoms with E-state index >= 15 is 0 Å². The summed E-state index contributed by atoms with van der Waals surface area (Å²) in [6, 6.07) is 6.17. The molecule has 2 amide bonds. The van der Waals surface area contributed by atoms with Crippen LogP contribution in [0.3, 0.4) is 0 Å². The molecule has 4 rings (SSSR count). The molecular weight excluding hydrogens is 432 g/mol. The summed E-state index contributed by atoms with van der Waals surface area (Å²) in [6.45, 7) is 0. The van der Waals surface area contributed by atoms with Crippen molar-refractivity contribution in [3.05, 3.63) is 50.9 Å². The summed E-state index contributed by atoms with van der Waals surface area (Å²) < 4.78 is 23.4. The molecule has 2 heterocycles. The van der Waals surface area contributed by atoms with E-state index < -0.39 is 9.84 Å². The first kappa shape index (κ1) is 20.4. The van der Waals surface area contributed by atoms with Crippen LogP contribution in [0.1, 0.15) is 50.4 Å². The number of anilines is 1. The van der Waals surface area contributed by atoms with E-state index in [1.807, 2.05) is 0 Å². The second kappa shape index (κ2) is 8.08. The van der Waals surface area contributed by atoms with Crippen LogP contribution in [0.5, 0.6) is 0 Å². The van der Waals surface area contributed by atoms with Crippen LogP contribution in [0.2, 0.25) is 5.02 Å². The Bertz CT molecular complexity index is 1060. The van der Waals surface area contributed by atoms with Gasteiger partial charge in [0, 0.05) is 21.5 Å². The smallest absolute Gasteiger partial charge is 0.256 e. The number of sulfone groups is 1. The molecule has 1 aliphatic heterocycles. The van der Waals surface area contributed by atoms with Gasteiger partial charge in [-0.2, -0.15) is 0 Å². The largest absolute Gasteiger partial charge is 0.348 e. The van der Waals surface area contributed by atoms with Crippen molar-refractivity contribution in [2.24, 2.45) is 0 Å². The lowest BCUT2D eigenvalue weighted by atomic mass is 9.95. The highest BCUT2D eigenvalue weighted by atomic mass is 35.5. The Labute approximate surface area is 178 Å². The predicted molar refractivity (Wildman–Crippen MR) is 115 cm³/mol. The van der Waals surface area contributed by atoms with Gasteiger partial charge in [0.15, 0.2) is 9.84 Å². The summed E-state index contributed by atoms with van der Waals surface area (Å²) in [5.41, 5.74) is 1.91. The Kier molecular flexibility index (Phi) is 5.68. The number of halogens is 1. The van der Waals surface area contributed by atoms with Gasteiger partial charge in [0.25, 0.3) is 11.8 Å². The van der Waals surface area contributed by atoms with E-state index in [4.69, 9.17) is 11.6 Å². The van der Waals surface area contributed by atoms with E-state index in [1.165, 1.54) is 11.3 Å². The minimum Gasteiger partial charge on any atom is -0.348 e. The standard InChI is InChI=1S/C20H21ClN2O4S2/c21-13-7-5-12(6-8-13)18(24)23-20-17(15-3-1-2-4-16(15)28-20)19(25)22-14-9-10-29(26,27)11-14/h5-8,14H,1-4,9-11H2,(H,22,25)(H,23,24)/t14-/m1/s1. The van der Waals surface area contributed by atoms with Gasteiger partial charge >= 0.3 is 0 Å². The van der Waals surface area contributed by atoms with Gasteiger partial charge in [-0.1, -0.05) is 11.6 Å². The third-order valence-corrected chi connectivity index (χ3v) is 8.53. The first-order valence-corrected chi connectivity index (χ1v) is 12.6. The van der Waals surface area contributed by atoms with Crippen molar-refractivity contribution < 1.29 is 18.0 Å². The van der Waals surface area contributed by atoms with Crippen LogP contribution >= 0.6 is 22.9 Å². The lowest BCUT2D eigenvalue weighted by Crippen LogP contribution is -2.36. The van der Waals surface area contributed by atoms with Crippen molar-refractivity contribution in [2.75, 3.05) is 16.8 Å². The third kappa shape index (κ3) is 4.49. The minimum absolute atomic E-state index is 0.0302. The van der Waals surface area contributed by atoms with Crippen LogP contribution in [0.4, 0.5) is 5.00 Å². The molecule has 2 aromatic rings. The van der Waals surface area contributed by atoms with E-state index in [0.29, 0.717) is 27.6 Å². The summed E-state index contributed by atoms with van der Waals surface area (Å²) in [7, 11) is -3.09. The first-order valence-electron chi connectivity index (χ1n) is 9.55. The molecule has 0 unspecified atom stereocenters. The zero-order valence-electron chi connectivity index (χ0n) is 15.7. The van der Waals surface area contributed by atoms with Crippen LogP contribution in [0, 0.1) is 0 Å². The maximum atomic E-state index is 13.1. The van der Waals surface area contributed by atoms with Crippen molar-refractivity contribution in [1.29, 1.82) is 0 Å². The van der Waals surface area contributed by atoms with Gasteiger partial charge in [0.05, 0.1) is 17.1 Å². The van der Waals surface area contributed by atoms with E-state index in [9.17, 15) is 18.0 Å². The topological polar surface area (TPSA) is 92.3 Å². The highest BCUT2D eigenvalue weighted by Gasteiger charge is 2.32. The fourth-order valence-corrected chi connectivity index (χ4v) is 6.92. The van der Waals surface area contributed by atoms with Crippen LogP contribution < -0.4 is 10.6 Å². The SMILES string of the molecule is O=C(Nc1sc2c(c1C(=O)N[C@@H]1CCS(=O)(=O)C1)CCCC2)c1ccc(Cl)cc1. The zero-order chi connectivity index (χ0) is 20.6. The Morgan fingerprint density at radius 3 is 2.48 bits per heavy atom. The molecular formula is C20H21ClN2O4S2. The molecule has 0 radical (unpaired) electrons. The molecule has 1 aliphatic carbocycles. The summed E-state index contributed by atoms with van der Waals surface area (Å²) in [6.07, 6.45) is 4.14. The summed E-state index contributed by atoms with van der Waals surface area (Å²) in [5, 5.41) is 6.82. The maximum absolute atomic E-state index is 13.1. The Balaban J connectivity index is 1.60. The van der Waals surface area contributed by atoms with Crippen molar-refractivity contribution in [3.8, 4) is 0 Å². The summed E-state index contributed by atoms with van der Waals surface area (Å²) in [5.74, 6) is -0.548. The monoisotopic (exact) mass is 452 g/mol. The first-order chi connectivity index (χ1) is 13.8. The maximum Gasteiger partial charge on any atom is 0.256 e. The van der Waals surface area contributed by atoms with Crippen LogP contribution in [-0.4, -0.2) is 37.8 Å². The Morgan fingerprint density at radius 1 is 1.07 bits per heavy atom. The van der Waals surface area contributed by atoms with Gasteiger partial charge in [-0.3, -0.25) is 9.59 Å². The average Bonchev–Trinajstić information content (AvgIpc) is 3.21. The number of hydrogen-bond acceptors (Lipinski definition) is 5. The van der Waals surface area contributed by atoms with Gasteiger partial charge in [-0.05, 0) is 61.9 Å². The van der Waals surface area contributed by atoms with Crippen molar-refractivity contribution in [3.63, 3.8) is 0 Å². The van der Waals surface area contributed by atoms with Crippen LogP contribution in [0.15, 0.2) is 24.3 Å². The number of rotatable bonds is 4. The number of aryl methyl sites for hydroxylation is 1. The number of amides is 2. The van der Waals surface area contributed by atoms with E-state index in [0.717, 1.165) is 36.1 Å². The molecule has 2 N–H and O–H groups in total. The van der Waals surface area contributed by atoms with Crippen molar-refractivity contribution in [1.82, 2.24) is 5.32 Å². The summed E-state index contributed by atoms with van der Waals surface area (Å²) >= 11 is 7.32. The molecule has 1 aromatic carbocycles. The average molecular weight is 453 g/mol. The molecule has 9 heteroatoms. The number of hydrogen-bond donors (Lipinski definition) is 2. The quantitative estimate of drug-likeness (QED) is 0.743. The molecule has 0 bridgehead atoms. The molecule has 1 atom stereocenters. The van der Waals surface area contributed by atoms with E-state index in [-0.39, 0.29) is 29.4 Å². The minimum atomic E-state index is -3.09. The lowest BCUT2D eigenvalue weighted by molar-refractivity contribution is 0.0941. The van der Waals surface area contributed by atoms with Crippen LogP contribution in [0.25, 0.3) is 0 Å². The number of carbonyl (C=O) groups is 2. The van der Waals surface area contributed by atoms with Gasteiger partial charge in [0.1, 0.15) is 5.00 Å². The third-order valence-electron chi connectivity index (χ3n) is 5.30. The molecule has 29 heavy (non-hydrogen) atoms. The van der Waals surface area contributed by atoms with Gasteiger partial charge in [-0.25, -0.2) is 8.42 Å². The molecule has 0 saturated carbocycles. The van der Waals surface area contributed by atoms with Crippen molar-refractivity contribution >= 4 is 49.6 Å². The molecule has 1 aromatic heterocycles. The molecule has 6 nitrogen and oxygen atoms in total. The van der Waals surface area contributed by atoms with E-state index in [2.05, 4.69) is 10.6 Å². The van der Waals surface area contributed by atoms with Gasteiger partial charge in [-0.15, -0.1) is 11.3 Å². The molecule has 154 valence electrons.